The van der Waals surface area contributed by atoms with Gasteiger partial charge in [0.15, 0.2) is 0 Å². The molecule has 0 N–H and O–H groups in total. The second-order valence-corrected chi connectivity index (χ2v) is 4.00. The molecule has 15 heavy (non-hydrogen) atoms. The third kappa shape index (κ3) is 4.08. The molecule has 0 heterocycles. The van der Waals surface area contributed by atoms with Crippen LogP contribution in [0.5, 0.6) is 0 Å². The Kier molecular flexibility index (Phi) is 4.77. The van der Waals surface area contributed by atoms with Crippen LogP contribution in [0.25, 0.3) is 0 Å². The summed E-state index contributed by atoms with van der Waals surface area (Å²) in [7, 11) is -1.29. The lowest BCUT2D eigenvalue weighted by Crippen LogP contribution is -1.99. The first-order valence-corrected chi connectivity index (χ1v) is 5.76. The highest BCUT2D eigenvalue weighted by molar-refractivity contribution is 7.88. The van der Waals surface area contributed by atoms with Gasteiger partial charge in [0.2, 0.25) is 0 Å². The van der Waals surface area contributed by atoms with Crippen LogP contribution in [0.2, 0.25) is 0 Å². The molecular weight excluding hydrogens is 212 g/mol. The molecule has 0 saturated heterocycles. The predicted octanol–water partition coefficient (Wildman–Crippen LogP) is 1.87. The molecule has 0 radical (unpaired) electrons. The second-order valence-electron chi connectivity index (χ2n) is 2.67. The molecule has 1 aromatic carbocycles. The van der Waals surface area contributed by atoms with Gasteiger partial charge in [-0.2, -0.15) is 0 Å². The van der Waals surface area contributed by atoms with Gasteiger partial charge in [-0.1, -0.05) is 18.2 Å². The van der Waals surface area contributed by atoms with Gasteiger partial charge in [-0.25, -0.2) is 9.00 Å². The molecule has 0 saturated carbocycles. The van der Waals surface area contributed by atoms with Crippen molar-refractivity contribution in [1.29, 1.82) is 0 Å². The van der Waals surface area contributed by atoms with Gasteiger partial charge in [0.25, 0.3) is 0 Å². The van der Waals surface area contributed by atoms with E-state index in [1.807, 2.05) is 6.07 Å². The first kappa shape index (κ1) is 11.7. The Bertz CT molecular complexity index is 371. The van der Waals surface area contributed by atoms with Crippen molar-refractivity contribution in [1.82, 2.24) is 0 Å². The van der Waals surface area contributed by atoms with Gasteiger partial charge in [-0.3, -0.25) is 0 Å². The monoisotopic (exact) mass is 224 g/mol. The molecule has 1 rings (SSSR count). The van der Waals surface area contributed by atoms with E-state index < -0.39 is 16.8 Å². The van der Waals surface area contributed by atoms with Crippen LogP contribution in [-0.4, -0.2) is 16.8 Å². The zero-order valence-electron chi connectivity index (χ0n) is 8.38. The smallest absolute Gasteiger partial charge is 0.331 e. The number of esters is 1. The van der Waals surface area contributed by atoms with Gasteiger partial charge in [0.05, 0.1) is 17.4 Å². The second kappa shape index (κ2) is 6.14. The van der Waals surface area contributed by atoms with Crippen LogP contribution >= 0.6 is 0 Å². The van der Waals surface area contributed by atoms with Gasteiger partial charge in [-0.05, 0) is 19.1 Å². The van der Waals surface area contributed by atoms with Crippen molar-refractivity contribution in [3.05, 3.63) is 41.8 Å². The molecule has 0 amide bonds. The molecule has 80 valence electrons. The lowest BCUT2D eigenvalue weighted by Gasteiger charge is -1.96. The maximum Gasteiger partial charge on any atom is 0.331 e. The standard InChI is InChI=1S/C11H12O3S/c1-2-14-11(12)8-9-15(13)10-6-4-3-5-7-10/h3-9H,2H2,1H3/b9-8-. The van der Waals surface area contributed by atoms with Crippen molar-refractivity contribution < 1.29 is 13.7 Å². The molecule has 0 spiro atoms. The van der Waals surface area contributed by atoms with Crippen LogP contribution in [0.15, 0.2) is 46.7 Å². The lowest BCUT2D eigenvalue weighted by atomic mass is 10.4. The molecule has 0 aliphatic carbocycles. The fraction of sp³-hybridized carbons (Fsp3) is 0.182. The fourth-order valence-electron chi connectivity index (χ4n) is 0.941. The number of rotatable bonds is 4. The summed E-state index contributed by atoms with van der Waals surface area (Å²) in [5.41, 5.74) is 0. The zero-order valence-corrected chi connectivity index (χ0v) is 9.20. The maximum atomic E-state index is 11.6. The number of hydrogen-bond donors (Lipinski definition) is 0. The number of carbonyl (C=O) groups excluding carboxylic acids is 1. The van der Waals surface area contributed by atoms with Gasteiger partial charge >= 0.3 is 5.97 Å². The highest BCUT2D eigenvalue weighted by Gasteiger charge is 1.99. The fourth-order valence-corrected chi connectivity index (χ4v) is 1.76. The van der Waals surface area contributed by atoms with E-state index in [0.29, 0.717) is 11.5 Å². The third-order valence-electron chi connectivity index (χ3n) is 1.59. The van der Waals surface area contributed by atoms with Crippen LogP contribution in [0.3, 0.4) is 0 Å². The van der Waals surface area contributed by atoms with Crippen molar-refractivity contribution in [3.8, 4) is 0 Å². The van der Waals surface area contributed by atoms with Crippen LogP contribution < -0.4 is 0 Å². The molecule has 0 fully saturated rings. The molecule has 0 aromatic heterocycles. The third-order valence-corrected chi connectivity index (χ3v) is 2.71. The van der Waals surface area contributed by atoms with E-state index in [1.165, 1.54) is 11.5 Å². The van der Waals surface area contributed by atoms with Gasteiger partial charge in [0.1, 0.15) is 0 Å². The maximum absolute atomic E-state index is 11.6. The van der Waals surface area contributed by atoms with E-state index in [-0.39, 0.29) is 0 Å². The van der Waals surface area contributed by atoms with Crippen molar-refractivity contribution in [2.24, 2.45) is 0 Å². The number of ether oxygens (including phenoxy) is 1. The van der Waals surface area contributed by atoms with E-state index in [4.69, 9.17) is 0 Å². The minimum atomic E-state index is -1.29. The molecule has 1 unspecified atom stereocenters. The molecule has 0 aliphatic heterocycles. The molecular formula is C11H12O3S. The number of benzene rings is 1. The normalized spacial score (nSPS) is 12.6. The van der Waals surface area contributed by atoms with E-state index >= 15 is 0 Å². The topological polar surface area (TPSA) is 43.4 Å². The number of hydrogen-bond acceptors (Lipinski definition) is 3. The van der Waals surface area contributed by atoms with E-state index in [2.05, 4.69) is 4.74 Å². The Morgan fingerprint density at radius 1 is 1.40 bits per heavy atom. The van der Waals surface area contributed by atoms with Crippen molar-refractivity contribution in [2.45, 2.75) is 11.8 Å². The first-order chi connectivity index (χ1) is 7.24. The molecule has 1 aromatic rings. The summed E-state index contributed by atoms with van der Waals surface area (Å²) in [5.74, 6) is -0.471. The number of carbonyl (C=O) groups is 1. The summed E-state index contributed by atoms with van der Waals surface area (Å²) < 4.78 is 16.2. The highest BCUT2D eigenvalue weighted by atomic mass is 32.2. The van der Waals surface area contributed by atoms with E-state index in [1.54, 1.807) is 31.2 Å². The molecule has 4 heteroatoms. The molecule has 1 atom stereocenters. The summed E-state index contributed by atoms with van der Waals surface area (Å²) in [6.07, 6.45) is 1.19. The lowest BCUT2D eigenvalue weighted by molar-refractivity contribution is -0.137. The van der Waals surface area contributed by atoms with Crippen LogP contribution in [0.1, 0.15) is 6.92 Å². The predicted molar refractivity (Wildman–Crippen MR) is 58.6 cm³/mol. The van der Waals surface area contributed by atoms with Crippen LogP contribution in [0, 0.1) is 0 Å². The Balaban J connectivity index is 2.60. The zero-order chi connectivity index (χ0) is 11.1. The van der Waals surface area contributed by atoms with Crippen LogP contribution in [0.4, 0.5) is 0 Å². The Morgan fingerprint density at radius 3 is 2.67 bits per heavy atom. The Labute approximate surface area is 91.2 Å². The van der Waals surface area contributed by atoms with Crippen molar-refractivity contribution in [2.75, 3.05) is 6.61 Å². The minimum Gasteiger partial charge on any atom is -0.463 e. The van der Waals surface area contributed by atoms with E-state index in [9.17, 15) is 9.00 Å². The minimum absolute atomic E-state index is 0.321. The van der Waals surface area contributed by atoms with Crippen molar-refractivity contribution >= 4 is 16.8 Å². The first-order valence-electron chi connectivity index (χ1n) is 4.54. The van der Waals surface area contributed by atoms with Crippen molar-refractivity contribution in [3.63, 3.8) is 0 Å². The molecule has 0 aliphatic rings. The Hall–Kier alpha value is -1.42. The summed E-state index contributed by atoms with van der Waals surface area (Å²) in [6.45, 7) is 2.04. The average Bonchev–Trinajstić information content (AvgIpc) is 2.27. The summed E-state index contributed by atoms with van der Waals surface area (Å²) in [5, 5.41) is 1.33. The SMILES string of the molecule is CCOC(=O)/C=C\S(=O)c1ccccc1. The quantitative estimate of drug-likeness (QED) is 0.579. The largest absolute Gasteiger partial charge is 0.463 e. The van der Waals surface area contributed by atoms with Gasteiger partial charge in [-0.15, -0.1) is 0 Å². The summed E-state index contributed by atoms with van der Waals surface area (Å²) >= 11 is 0. The van der Waals surface area contributed by atoms with Gasteiger partial charge < -0.3 is 4.74 Å². The average molecular weight is 224 g/mol. The summed E-state index contributed by atoms with van der Waals surface area (Å²) in [4.78, 5) is 11.6. The van der Waals surface area contributed by atoms with Gasteiger partial charge in [0, 0.05) is 16.4 Å². The molecule has 0 bridgehead atoms. The van der Waals surface area contributed by atoms with Crippen LogP contribution in [-0.2, 0) is 20.3 Å². The summed E-state index contributed by atoms with van der Waals surface area (Å²) in [6, 6.07) is 8.92. The van der Waals surface area contributed by atoms with E-state index in [0.717, 1.165) is 0 Å². The Morgan fingerprint density at radius 2 is 2.07 bits per heavy atom. The molecule has 3 nitrogen and oxygen atoms in total. The highest BCUT2D eigenvalue weighted by Crippen LogP contribution is 2.06.